The number of hydrogen-bond acceptors (Lipinski definition) is 5. The van der Waals surface area contributed by atoms with Gasteiger partial charge < -0.3 is 9.29 Å². The number of alkyl halides is 5. The van der Waals surface area contributed by atoms with Crippen LogP contribution >= 0.6 is 0 Å². The lowest BCUT2D eigenvalue weighted by molar-refractivity contribution is -0.261. The number of carbonyl (C=O) groups is 1. The highest BCUT2D eigenvalue weighted by Gasteiger charge is 2.63. The molecule has 2 aromatic rings. The third kappa shape index (κ3) is 3.39. The lowest BCUT2D eigenvalue weighted by atomic mass is 9.59. The molecule has 2 atom stereocenters. The van der Waals surface area contributed by atoms with Gasteiger partial charge in [0.1, 0.15) is 0 Å². The fourth-order valence-electron chi connectivity index (χ4n) is 4.53. The van der Waals surface area contributed by atoms with Crippen LogP contribution in [0.25, 0.3) is 0 Å². The smallest absolute Gasteiger partial charge is 0.432 e. The Morgan fingerprint density at radius 1 is 0.935 bits per heavy atom. The molecule has 0 aliphatic heterocycles. The van der Waals surface area contributed by atoms with Gasteiger partial charge in [-0.15, -0.1) is 0 Å². The molecule has 31 heavy (non-hydrogen) atoms. The summed E-state index contributed by atoms with van der Waals surface area (Å²) >= 11 is 0. The molecule has 3 aliphatic rings. The molecular formula is C20H14F5O5S-. The first-order chi connectivity index (χ1) is 14.3. The van der Waals surface area contributed by atoms with Gasteiger partial charge in [-0.1, -0.05) is 48.5 Å². The molecule has 0 saturated carbocycles. The van der Waals surface area contributed by atoms with Crippen LogP contribution in [0.15, 0.2) is 48.5 Å². The van der Waals surface area contributed by atoms with Crippen molar-refractivity contribution in [1.29, 1.82) is 0 Å². The van der Waals surface area contributed by atoms with Crippen LogP contribution in [0.5, 0.6) is 0 Å². The van der Waals surface area contributed by atoms with Crippen LogP contribution in [-0.4, -0.2) is 36.5 Å². The predicted molar refractivity (Wildman–Crippen MR) is 95.3 cm³/mol. The molecule has 0 fully saturated rings. The molecule has 2 bridgehead atoms. The summed E-state index contributed by atoms with van der Waals surface area (Å²) in [6.07, 6.45) is -10.4. The molecule has 5 nitrogen and oxygen atoms in total. The molecular weight excluding hydrogens is 447 g/mol. The summed E-state index contributed by atoms with van der Waals surface area (Å²) in [5.41, 5.74) is 3.06. The standard InChI is InChI=1S/C20H15F5O5S/c21-19(22,23)18(20(24,25)31(27,28)29)30-17(26)15-9-14-10-5-1-3-7-12(10)16(15)13-8-4-2-6-11(13)14/h1-8,14-16,18H,9H2,(H,27,28,29)/p-1. The summed E-state index contributed by atoms with van der Waals surface area (Å²) in [4.78, 5) is 12.7. The molecule has 0 aromatic heterocycles. The summed E-state index contributed by atoms with van der Waals surface area (Å²) in [7, 11) is -6.75. The lowest BCUT2D eigenvalue weighted by Crippen LogP contribution is -2.53. The summed E-state index contributed by atoms with van der Waals surface area (Å²) < 4.78 is 103. The molecule has 0 heterocycles. The van der Waals surface area contributed by atoms with Gasteiger partial charge in [0.15, 0.2) is 10.1 Å². The lowest BCUT2D eigenvalue weighted by Gasteiger charge is -2.44. The highest BCUT2D eigenvalue weighted by Crippen LogP contribution is 2.56. The second-order valence-electron chi connectivity index (χ2n) is 7.50. The third-order valence-corrected chi connectivity index (χ3v) is 6.66. The van der Waals surface area contributed by atoms with Crippen LogP contribution in [0.2, 0.25) is 0 Å². The Kier molecular flexibility index (Phi) is 4.89. The fourth-order valence-corrected chi connectivity index (χ4v) is 4.97. The molecule has 11 heteroatoms. The first-order valence-electron chi connectivity index (χ1n) is 9.12. The van der Waals surface area contributed by atoms with E-state index in [1.165, 1.54) is 0 Å². The number of carbonyl (C=O) groups excluding carboxylic acids is 1. The van der Waals surface area contributed by atoms with Crippen molar-refractivity contribution in [1.82, 2.24) is 0 Å². The Morgan fingerprint density at radius 3 is 1.81 bits per heavy atom. The molecule has 0 amide bonds. The number of rotatable bonds is 4. The van der Waals surface area contributed by atoms with E-state index in [1.807, 2.05) is 12.1 Å². The van der Waals surface area contributed by atoms with E-state index >= 15 is 0 Å². The predicted octanol–water partition coefficient (Wildman–Crippen LogP) is 3.90. The van der Waals surface area contributed by atoms with Gasteiger partial charge in [-0.25, -0.2) is 8.42 Å². The minimum absolute atomic E-state index is 0.00218. The minimum atomic E-state index is -6.75. The Bertz CT molecular complexity index is 1100. The van der Waals surface area contributed by atoms with E-state index in [1.54, 1.807) is 36.4 Å². The zero-order valence-corrected chi connectivity index (χ0v) is 16.3. The van der Waals surface area contributed by atoms with E-state index < -0.39 is 45.5 Å². The number of fused-ring (bicyclic) bond motifs is 1. The first-order valence-corrected chi connectivity index (χ1v) is 10.5. The van der Waals surface area contributed by atoms with E-state index in [9.17, 15) is 39.7 Å². The van der Waals surface area contributed by atoms with Gasteiger partial charge in [-0.05, 0) is 28.7 Å². The van der Waals surface area contributed by atoms with Crippen molar-refractivity contribution in [3.63, 3.8) is 0 Å². The molecule has 166 valence electrons. The van der Waals surface area contributed by atoms with Crippen LogP contribution in [0.3, 0.4) is 0 Å². The zero-order valence-electron chi connectivity index (χ0n) is 15.5. The van der Waals surface area contributed by atoms with Crippen molar-refractivity contribution in [2.75, 3.05) is 0 Å². The largest absolute Gasteiger partial charge is 0.743 e. The van der Waals surface area contributed by atoms with Crippen molar-refractivity contribution in [2.24, 2.45) is 5.92 Å². The Morgan fingerprint density at radius 2 is 1.39 bits per heavy atom. The van der Waals surface area contributed by atoms with E-state index in [2.05, 4.69) is 4.74 Å². The maximum absolute atomic E-state index is 13.8. The molecule has 0 N–H and O–H groups in total. The van der Waals surface area contributed by atoms with E-state index in [-0.39, 0.29) is 12.3 Å². The van der Waals surface area contributed by atoms with Crippen molar-refractivity contribution in [3.05, 3.63) is 70.8 Å². The average molecular weight is 461 g/mol. The summed E-state index contributed by atoms with van der Waals surface area (Å²) in [5, 5.41) is -5.87. The highest BCUT2D eigenvalue weighted by atomic mass is 32.2. The number of benzene rings is 2. The van der Waals surface area contributed by atoms with Gasteiger partial charge in [0.25, 0.3) is 6.10 Å². The molecule has 0 spiro atoms. The summed E-state index contributed by atoms with van der Waals surface area (Å²) in [6.45, 7) is 0. The Labute approximate surface area is 173 Å². The topological polar surface area (TPSA) is 83.5 Å². The number of halogens is 5. The highest BCUT2D eigenvalue weighted by molar-refractivity contribution is 7.86. The van der Waals surface area contributed by atoms with Gasteiger partial charge in [0, 0.05) is 11.8 Å². The van der Waals surface area contributed by atoms with Crippen molar-refractivity contribution in [2.45, 2.75) is 35.8 Å². The minimum Gasteiger partial charge on any atom is -0.743 e. The van der Waals surface area contributed by atoms with Gasteiger partial charge in [-0.3, -0.25) is 4.79 Å². The molecule has 3 aliphatic carbocycles. The van der Waals surface area contributed by atoms with Crippen LogP contribution in [-0.2, 0) is 19.6 Å². The van der Waals surface area contributed by atoms with E-state index in [4.69, 9.17) is 0 Å². The fraction of sp³-hybridized carbons (Fsp3) is 0.350. The van der Waals surface area contributed by atoms with E-state index in [0.29, 0.717) is 11.1 Å². The molecule has 2 unspecified atom stereocenters. The number of esters is 1. The van der Waals surface area contributed by atoms with Gasteiger partial charge in [0.2, 0.25) is 0 Å². The Hall–Kier alpha value is -2.53. The van der Waals surface area contributed by atoms with Crippen LogP contribution in [0.1, 0.15) is 40.5 Å². The molecule has 5 rings (SSSR count). The summed E-state index contributed by atoms with van der Waals surface area (Å²) in [6, 6.07) is 13.9. The van der Waals surface area contributed by atoms with Crippen molar-refractivity contribution in [3.8, 4) is 0 Å². The van der Waals surface area contributed by atoms with Crippen LogP contribution < -0.4 is 0 Å². The normalized spacial score (nSPS) is 23.6. The molecule has 0 radical (unpaired) electrons. The molecule has 0 saturated heterocycles. The third-order valence-electron chi connectivity index (χ3n) is 5.78. The van der Waals surface area contributed by atoms with Crippen molar-refractivity contribution < 1.29 is 44.5 Å². The maximum atomic E-state index is 13.8. The second-order valence-corrected chi connectivity index (χ2v) is 8.96. The van der Waals surface area contributed by atoms with Gasteiger partial charge >= 0.3 is 17.4 Å². The average Bonchev–Trinajstić information content (AvgIpc) is 2.70. The zero-order chi connectivity index (χ0) is 22.8. The number of hydrogen-bond donors (Lipinski definition) is 0. The van der Waals surface area contributed by atoms with Crippen LogP contribution in [0, 0.1) is 5.92 Å². The quantitative estimate of drug-likeness (QED) is 0.392. The Balaban J connectivity index is 1.73. The molecule has 2 aromatic carbocycles. The number of ether oxygens (including phenoxy) is 1. The second kappa shape index (κ2) is 6.99. The van der Waals surface area contributed by atoms with Gasteiger partial charge in [0.05, 0.1) is 5.92 Å². The monoisotopic (exact) mass is 461 g/mol. The maximum Gasteiger partial charge on any atom is 0.432 e. The van der Waals surface area contributed by atoms with Crippen molar-refractivity contribution >= 4 is 16.1 Å². The van der Waals surface area contributed by atoms with Gasteiger partial charge in [-0.2, -0.15) is 22.0 Å². The van der Waals surface area contributed by atoms with E-state index in [0.717, 1.165) is 11.1 Å². The first kappa shape index (κ1) is 21.7. The SMILES string of the molecule is O=C(OC(C(F)(F)F)C(F)(F)S(=O)(=O)[O-])C1CC2c3ccccc3C1c1ccccc12. The van der Waals surface area contributed by atoms with Crippen LogP contribution in [0.4, 0.5) is 22.0 Å². The summed E-state index contributed by atoms with van der Waals surface area (Å²) in [5.74, 6) is -4.02.